The molecule has 4 rings (SSSR count). The minimum Gasteiger partial charge on any atom is -0.370 e. The van der Waals surface area contributed by atoms with Crippen molar-refractivity contribution in [3.05, 3.63) is 71.9 Å². The summed E-state index contributed by atoms with van der Waals surface area (Å²) in [6.45, 7) is 2.88. The summed E-state index contributed by atoms with van der Waals surface area (Å²) in [7, 11) is 0. The molecule has 3 aromatic rings. The van der Waals surface area contributed by atoms with E-state index in [-0.39, 0.29) is 140 Å². The second-order valence-corrected chi connectivity index (χ2v) is 19.7. The summed E-state index contributed by atoms with van der Waals surface area (Å²) in [4.78, 5) is 149. The van der Waals surface area contributed by atoms with Crippen LogP contribution in [-0.2, 0) is 60.8 Å². The van der Waals surface area contributed by atoms with Crippen LogP contribution in [0.15, 0.2) is 70.8 Å². The van der Waals surface area contributed by atoms with Crippen LogP contribution in [0, 0.1) is 11.8 Å². The quantitative estimate of drug-likeness (QED) is 0.0402. The molecule has 24 nitrogen and oxygen atoms in total. The third kappa shape index (κ3) is 22.2. The van der Waals surface area contributed by atoms with Crippen LogP contribution in [0.25, 0.3) is 10.9 Å². The summed E-state index contributed by atoms with van der Waals surface area (Å²) in [6, 6.07) is 9.77. The van der Waals surface area contributed by atoms with Crippen molar-refractivity contribution in [2.75, 3.05) is 19.6 Å². The van der Waals surface area contributed by atoms with Crippen molar-refractivity contribution in [3.8, 4) is 0 Å². The zero-order valence-electron chi connectivity index (χ0n) is 44.6. The van der Waals surface area contributed by atoms with Gasteiger partial charge in [-0.2, -0.15) is 0 Å². The SMILES string of the molecule is CC(=O)NCCC[C@@H]1NC(=O)[C@@H](NC(=O)[C@H](CCCN=C(N)N)NC(C)=O)CCC(=O)CCCC[C@@H](C(N)=O)NC(=O)[C@H](Cc2c[nH]c3ccccc23)CC(=O)[C@H](CCCN=C(N)N)CC(=O)[C@@H](Cc2ccccc2)NC1=O. The van der Waals surface area contributed by atoms with Crippen LogP contribution in [0.2, 0.25) is 0 Å². The van der Waals surface area contributed by atoms with Gasteiger partial charge in [-0.1, -0.05) is 55.0 Å². The zero-order chi connectivity index (χ0) is 57.1. The molecule has 0 radical (unpaired) electrons. The van der Waals surface area contributed by atoms with E-state index in [1.807, 2.05) is 24.3 Å². The third-order valence-electron chi connectivity index (χ3n) is 13.4. The van der Waals surface area contributed by atoms with Crippen LogP contribution in [0.5, 0.6) is 0 Å². The number of carbonyl (C=O) groups is 10. The first kappa shape index (κ1) is 62.4. The van der Waals surface area contributed by atoms with Crippen molar-refractivity contribution in [1.82, 2.24) is 36.9 Å². The molecule has 1 aromatic heterocycles. The maximum atomic E-state index is 14.9. The van der Waals surface area contributed by atoms with Crippen LogP contribution in [0.3, 0.4) is 0 Å². The van der Waals surface area contributed by atoms with Gasteiger partial charge in [0.1, 0.15) is 35.7 Å². The molecule has 424 valence electrons. The Kier molecular flexibility index (Phi) is 25.9. The van der Waals surface area contributed by atoms with Crippen molar-refractivity contribution in [1.29, 1.82) is 0 Å². The molecule has 1 aliphatic heterocycles. The van der Waals surface area contributed by atoms with Crippen molar-refractivity contribution < 1.29 is 47.9 Å². The Hall–Kier alpha value is -8.18. The predicted octanol–water partition coefficient (Wildman–Crippen LogP) is -0.0201. The lowest BCUT2D eigenvalue weighted by Crippen LogP contribution is -2.58. The first-order valence-electron chi connectivity index (χ1n) is 26.5. The first-order valence-corrected chi connectivity index (χ1v) is 26.5. The standard InChI is InChI=1S/C54H78N14O10/c1-32(69)60-24-11-21-43-51(77)68-45(27-34-13-4-3-5-14-34)47(73)29-35(15-10-25-61-53(56)57)46(72)30-36(28-37-31-63-40-18-9-7-17-39(37)40)49(75)65-41(48(55)74)19-8-6-16-38(71)22-23-44(52(78)66-43)67-50(76)42(64-33(2)70)20-12-26-62-54(58)59/h3-5,7,9,13-14,17-18,31,35-36,41-45,63H,6,8,10-12,15-16,19-30H2,1-2H3,(H2,55,74)(H,60,69)(H,64,70)(H,65,75)(H,66,78)(H,67,76)(H,68,77)(H4,56,57,61)(H4,58,59,62)/t35-,36-,41+,42+,43+,44+,45-/m1/s1. The molecule has 0 saturated carbocycles. The van der Waals surface area contributed by atoms with Gasteiger partial charge < -0.3 is 65.6 Å². The van der Waals surface area contributed by atoms with Crippen LogP contribution in [0.4, 0.5) is 0 Å². The Bertz CT molecular complexity index is 2610. The van der Waals surface area contributed by atoms with Crippen molar-refractivity contribution in [2.45, 2.75) is 147 Å². The molecular weight excluding hydrogens is 1000 g/mol. The number of para-hydroxylation sites is 1. The number of rotatable bonds is 20. The van der Waals surface area contributed by atoms with E-state index in [0.717, 1.165) is 16.5 Å². The fourth-order valence-electron chi connectivity index (χ4n) is 9.26. The van der Waals surface area contributed by atoms with Gasteiger partial charge in [-0.15, -0.1) is 0 Å². The highest BCUT2D eigenvalue weighted by Gasteiger charge is 2.35. The number of nitrogens with one attached hydrogen (secondary N) is 7. The second kappa shape index (κ2) is 32.4. The molecule has 0 unspecified atom stereocenters. The number of amides is 7. The van der Waals surface area contributed by atoms with Gasteiger partial charge in [0, 0.05) is 88.1 Å². The first-order chi connectivity index (χ1) is 37.2. The van der Waals surface area contributed by atoms with E-state index < -0.39 is 95.5 Å². The topological polar surface area (TPSA) is 413 Å². The lowest BCUT2D eigenvalue weighted by Gasteiger charge is -2.27. The van der Waals surface area contributed by atoms with Gasteiger partial charge in [-0.05, 0) is 87.8 Å². The van der Waals surface area contributed by atoms with E-state index in [4.69, 9.17) is 28.7 Å². The van der Waals surface area contributed by atoms with Crippen LogP contribution < -0.4 is 60.6 Å². The smallest absolute Gasteiger partial charge is 0.243 e. The van der Waals surface area contributed by atoms with Gasteiger partial charge in [0.05, 0.1) is 6.04 Å². The van der Waals surface area contributed by atoms with Gasteiger partial charge in [0.25, 0.3) is 0 Å². The third-order valence-corrected chi connectivity index (χ3v) is 13.4. The summed E-state index contributed by atoms with van der Waals surface area (Å²) in [5.74, 6) is -8.51. The minimum absolute atomic E-state index is 0.0195. The highest BCUT2D eigenvalue weighted by atomic mass is 16.2. The number of H-pyrrole nitrogens is 1. The molecule has 24 heteroatoms. The summed E-state index contributed by atoms with van der Waals surface area (Å²) in [5, 5.41) is 17.0. The molecule has 0 aliphatic carbocycles. The Morgan fingerprint density at radius 3 is 2.01 bits per heavy atom. The molecule has 7 atom stereocenters. The molecule has 1 saturated heterocycles. The number of benzene rings is 2. The van der Waals surface area contributed by atoms with E-state index in [0.29, 0.717) is 5.56 Å². The maximum Gasteiger partial charge on any atom is 0.243 e. The number of hydrogen-bond donors (Lipinski definition) is 12. The average molecular weight is 1080 g/mol. The number of nitrogens with zero attached hydrogens (tertiary/aromatic N) is 2. The number of hydrogen-bond acceptors (Lipinski definition) is 12. The number of nitrogens with two attached hydrogens (primary N) is 5. The van der Waals surface area contributed by atoms with Crippen molar-refractivity contribution in [2.24, 2.45) is 50.5 Å². The number of guanidine groups is 2. The monoisotopic (exact) mass is 1080 g/mol. The van der Waals surface area contributed by atoms with Gasteiger partial charge in [0.2, 0.25) is 41.4 Å². The largest absolute Gasteiger partial charge is 0.370 e. The molecule has 1 aliphatic rings. The van der Waals surface area contributed by atoms with E-state index in [1.165, 1.54) is 13.8 Å². The number of ketones is 3. The Balaban J connectivity index is 1.80. The van der Waals surface area contributed by atoms with Gasteiger partial charge in [-0.3, -0.25) is 57.9 Å². The molecule has 2 heterocycles. The summed E-state index contributed by atoms with van der Waals surface area (Å²) < 4.78 is 0. The second-order valence-electron chi connectivity index (χ2n) is 19.7. The van der Waals surface area contributed by atoms with Crippen LogP contribution in [-0.4, -0.2) is 125 Å². The number of aliphatic imine (C=N–C) groups is 2. The molecule has 7 amide bonds. The number of Topliss-reactive ketones (excluding diaryl/α,β-unsaturated/α-hetero) is 3. The Labute approximate surface area is 453 Å². The fraction of sp³-hybridized carbons (Fsp3) is 0.519. The highest BCUT2D eigenvalue weighted by molar-refractivity contribution is 5.98. The van der Waals surface area contributed by atoms with Crippen molar-refractivity contribution in [3.63, 3.8) is 0 Å². The number of aromatic amines is 1. The maximum absolute atomic E-state index is 14.9. The normalized spacial score (nSPS) is 20.9. The number of fused-ring (bicyclic) bond motifs is 1. The summed E-state index contributed by atoms with van der Waals surface area (Å²) >= 11 is 0. The van der Waals surface area contributed by atoms with Gasteiger partial charge in [-0.25, -0.2) is 0 Å². The Morgan fingerprint density at radius 1 is 0.667 bits per heavy atom. The highest BCUT2D eigenvalue weighted by Crippen LogP contribution is 2.26. The van der Waals surface area contributed by atoms with Gasteiger partial charge >= 0.3 is 0 Å². The minimum atomic E-state index is -1.44. The molecule has 17 N–H and O–H groups in total. The summed E-state index contributed by atoms with van der Waals surface area (Å²) in [6.07, 6.45) is 1.84. The molecular formula is C54H78N14O10. The van der Waals surface area contributed by atoms with E-state index >= 15 is 0 Å². The van der Waals surface area contributed by atoms with Crippen LogP contribution >= 0.6 is 0 Å². The number of carbonyl (C=O) groups excluding carboxylic acids is 10. The van der Waals surface area contributed by atoms with Gasteiger partial charge in [0.15, 0.2) is 17.7 Å². The molecule has 0 spiro atoms. The molecule has 0 bridgehead atoms. The fourth-order valence-corrected chi connectivity index (χ4v) is 9.26. The van der Waals surface area contributed by atoms with E-state index in [2.05, 4.69) is 46.9 Å². The lowest BCUT2D eigenvalue weighted by molar-refractivity contribution is -0.135. The average Bonchev–Trinajstić information content (AvgIpc) is 3.80. The molecule has 2 aromatic carbocycles. The number of aromatic nitrogens is 1. The zero-order valence-corrected chi connectivity index (χ0v) is 44.6. The van der Waals surface area contributed by atoms with E-state index in [9.17, 15) is 47.9 Å². The predicted molar refractivity (Wildman–Crippen MR) is 293 cm³/mol. The Morgan fingerprint density at radius 2 is 1.33 bits per heavy atom. The number of primary amides is 1. The lowest BCUT2D eigenvalue weighted by atomic mass is 9.83. The summed E-state index contributed by atoms with van der Waals surface area (Å²) in [5.41, 5.74) is 30.1. The molecule has 78 heavy (non-hydrogen) atoms. The van der Waals surface area contributed by atoms with Crippen molar-refractivity contribution >= 4 is 81.5 Å². The van der Waals surface area contributed by atoms with E-state index in [1.54, 1.807) is 36.5 Å². The van der Waals surface area contributed by atoms with Crippen LogP contribution in [0.1, 0.15) is 115 Å². The molecule has 1 fully saturated rings.